The quantitative estimate of drug-likeness (QED) is 0.165. The normalized spacial score (nSPS) is 11.0. The Morgan fingerprint density at radius 2 is 1.32 bits per heavy atom. The fourth-order valence-electron chi connectivity index (χ4n) is 4.93. The Balaban J connectivity index is 1.82. The predicted molar refractivity (Wildman–Crippen MR) is 161 cm³/mol. The third-order valence-corrected chi connectivity index (χ3v) is 7.13. The van der Waals surface area contributed by atoms with Gasteiger partial charge in [-0.25, -0.2) is 0 Å². The molecule has 3 aromatic carbocycles. The van der Waals surface area contributed by atoms with E-state index in [4.69, 9.17) is 27.5 Å². The molecule has 5 rings (SSSR count). The van der Waals surface area contributed by atoms with Crippen LogP contribution in [-0.4, -0.2) is 33.6 Å². The highest BCUT2D eigenvalue weighted by atomic mass is 35.5. The first kappa shape index (κ1) is 27.7. The number of halogens is 1. The first-order valence-corrected chi connectivity index (χ1v) is 13.5. The van der Waals surface area contributed by atoms with Crippen molar-refractivity contribution in [2.75, 3.05) is 13.2 Å². The number of terminal acetylenes is 1. The second kappa shape index (κ2) is 11.7. The van der Waals surface area contributed by atoms with E-state index >= 15 is 0 Å². The van der Waals surface area contributed by atoms with Crippen LogP contribution >= 0.6 is 11.6 Å². The minimum absolute atomic E-state index is 0.00727. The molecule has 8 nitrogen and oxygen atoms in total. The van der Waals surface area contributed by atoms with E-state index < -0.39 is 5.92 Å². The van der Waals surface area contributed by atoms with Gasteiger partial charge in [0.05, 0.1) is 34.1 Å². The predicted octanol–water partition coefficient (Wildman–Crippen LogP) is 5.91. The fourth-order valence-corrected chi connectivity index (χ4v) is 5.20. The minimum Gasteiger partial charge on any atom is -0.490 e. The zero-order valence-electron chi connectivity index (χ0n) is 22.9. The van der Waals surface area contributed by atoms with Gasteiger partial charge in [0.1, 0.15) is 6.61 Å². The smallest absolute Gasteiger partial charge is 0.268 e. The Bertz CT molecular complexity index is 1740. The topological polar surface area (TPSA) is 116 Å². The number of ether oxygens (including phenoxy) is 2. The van der Waals surface area contributed by atoms with Gasteiger partial charge in [0.2, 0.25) is 0 Å². The lowest BCUT2D eigenvalue weighted by Gasteiger charge is -2.21. The Morgan fingerprint density at radius 3 is 1.78 bits per heavy atom. The van der Waals surface area contributed by atoms with E-state index in [-0.39, 0.29) is 28.5 Å². The molecule has 0 aliphatic rings. The molecule has 41 heavy (non-hydrogen) atoms. The molecule has 0 aliphatic heterocycles. The average molecular weight is 569 g/mol. The van der Waals surface area contributed by atoms with Crippen molar-refractivity contribution in [2.24, 2.45) is 0 Å². The zero-order valence-corrected chi connectivity index (χ0v) is 23.6. The van der Waals surface area contributed by atoms with Crippen molar-refractivity contribution < 1.29 is 9.47 Å². The van der Waals surface area contributed by atoms with Gasteiger partial charge in [0, 0.05) is 5.92 Å². The number of hydrogen-bond acceptors (Lipinski definition) is 4. The molecule has 5 aromatic rings. The molecular weight excluding hydrogens is 540 g/mol. The average Bonchev–Trinajstić information content (AvgIpc) is 3.52. The molecule has 9 heteroatoms. The zero-order chi connectivity index (χ0) is 29.1. The van der Waals surface area contributed by atoms with Crippen LogP contribution < -0.4 is 20.6 Å². The number of hydrogen-bond donors (Lipinski definition) is 4. The summed E-state index contributed by atoms with van der Waals surface area (Å²) in [6, 6.07) is 19.0. The Hall–Kier alpha value is -4.87. The molecule has 0 saturated heterocycles. The molecule has 0 radical (unpaired) electrons. The van der Waals surface area contributed by atoms with Gasteiger partial charge in [0.15, 0.2) is 11.5 Å². The molecule has 208 valence electrons. The highest BCUT2D eigenvalue weighted by Crippen LogP contribution is 2.44. The fraction of sp³-hybridized carbons (Fsp3) is 0.188. The summed E-state index contributed by atoms with van der Waals surface area (Å²) in [5.41, 5.74) is 5.33. The van der Waals surface area contributed by atoms with Gasteiger partial charge >= 0.3 is 0 Å². The summed E-state index contributed by atoms with van der Waals surface area (Å²) < 4.78 is 11.6. The number of aromatic nitrogens is 4. The number of benzene rings is 3. The lowest BCUT2D eigenvalue weighted by Crippen LogP contribution is -2.20. The maximum Gasteiger partial charge on any atom is 0.268 e. The molecule has 0 saturated carbocycles. The summed E-state index contributed by atoms with van der Waals surface area (Å²) in [7, 11) is 0. The number of nitrogens with one attached hydrogen (secondary N) is 4. The summed E-state index contributed by atoms with van der Waals surface area (Å²) in [6.07, 6.45) is 5.41. The number of H-pyrrole nitrogens is 4. The van der Waals surface area contributed by atoms with Gasteiger partial charge in [-0.05, 0) is 49.6 Å². The maximum absolute atomic E-state index is 13.6. The molecule has 4 N–H and O–H groups in total. The highest BCUT2D eigenvalue weighted by Gasteiger charge is 2.32. The first-order chi connectivity index (χ1) is 19.8. The molecule has 0 spiro atoms. The molecular formula is C32H29ClN4O4. The van der Waals surface area contributed by atoms with Crippen molar-refractivity contribution in [1.82, 2.24) is 20.4 Å². The molecule has 0 bridgehead atoms. The van der Waals surface area contributed by atoms with E-state index in [0.717, 1.165) is 22.3 Å². The van der Waals surface area contributed by atoms with Crippen LogP contribution in [0, 0.1) is 26.2 Å². The van der Waals surface area contributed by atoms with E-state index in [9.17, 15) is 9.59 Å². The number of aromatic amines is 4. The van der Waals surface area contributed by atoms with Gasteiger partial charge in [0.25, 0.3) is 11.1 Å². The molecule has 0 fully saturated rings. The molecule has 0 amide bonds. The van der Waals surface area contributed by atoms with Crippen LogP contribution in [-0.2, 0) is 0 Å². The molecule has 0 aliphatic carbocycles. The maximum atomic E-state index is 13.6. The monoisotopic (exact) mass is 568 g/mol. The lowest BCUT2D eigenvalue weighted by atomic mass is 9.82. The molecule has 2 heterocycles. The van der Waals surface area contributed by atoms with Crippen LogP contribution in [0.3, 0.4) is 0 Å². The van der Waals surface area contributed by atoms with E-state index in [1.807, 2.05) is 69.3 Å². The highest BCUT2D eigenvalue weighted by molar-refractivity contribution is 6.32. The van der Waals surface area contributed by atoms with Gasteiger partial charge in [-0.3, -0.25) is 30.0 Å². The molecule has 0 unspecified atom stereocenters. The van der Waals surface area contributed by atoms with Crippen LogP contribution in [0.1, 0.15) is 40.7 Å². The van der Waals surface area contributed by atoms with E-state index in [1.165, 1.54) is 0 Å². The summed E-state index contributed by atoms with van der Waals surface area (Å²) in [6.45, 7) is 6.13. The third-order valence-electron chi connectivity index (χ3n) is 6.85. The van der Waals surface area contributed by atoms with Crippen LogP contribution in [0.25, 0.3) is 22.5 Å². The lowest BCUT2D eigenvalue weighted by molar-refractivity contribution is 0.299. The summed E-state index contributed by atoms with van der Waals surface area (Å²) in [5, 5.41) is 11.8. The summed E-state index contributed by atoms with van der Waals surface area (Å²) in [4.78, 5) is 27.2. The van der Waals surface area contributed by atoms with Crippen molar-refractivity contribution in [2.45, 2.75) is 26.7 Å². The van der Waals surface area contributed by atoms with Crippen LogP contribution in [0.5, 0.6) is 11.5 Å². The van der Waals surface area contributed by atoms with Crippen molar-refractivity contribution >= 4 is 11.6 Å². The first-order valence-electron chi connectivity index (χ1n) is 13.1. The largest absolute Gasteiger partial charge is 0.490 e. The van der Waals surface area contributed by atoms with Crippen molar-refractivity contribution in [3.05, 3.63) is 114 Å². The van der Waals surface area contributed by atoms with E-state index in [2.05, 4.69) is 26.3 Å². The Labute approximate surface area is 241 Å². The van der Waals surface area contributed by atoms with Gasteiger partial charge < -0.3 is 9.47 Å². The van der Waals surface area contributed by atoms with Crippen molar-refractivity contribution in [3.63, 3.8) is 0 Å². The molecule has 2 aromatic heterocycles. The second-order valence-electron chi connectivity index (χ2n) is 9.66. The van der Waals surface area contributed by atoms with Crippen molar-refractivity contribution in [3.8, 4) is 46.4 Å². The minimum atomic E-state index is -0.856. The van der Waals surface area contributed by atoms with Gasteiger partial charge in [-0.15, -0.1) is 6.42 Å². The SMILES string of the molecule is C#CCOc1c(Cl)cc(C(c2c(-c3ccc(C)cc3)[nH][nH]c2=O)c2c(-c3ccc(C)cc3)[nH][nH]c2=O)cc1OCC. The van der Waals surface area contributed by atoms with Gasteiger partial charge in [-0.1, -0.05) is 77.2 Å². The number of rotatable bonds is 9. The van der Waals surface area contributed by atoms with Crippen molar-refractivity contribution in [1.29, 1.82) is 0 Å². The van der Waals surface area contributed by atoms with E-state index in [0.29, 0.717) is 40.4 Å². The molecule has 0 atom stereocenters. The summed E-state index contributed by atoms with van der Waals surface area (Å²) >= 11 is 6.74. The Morgan fingerprint density at radius 1 is 0.805 bits per heavy atom. The second-order valence-corrected chi connectivity index (χ2v) is 10.1. The number of aryl methyl sites for hydroxylation is 2. The van der Waals surface area contributed by atoms with Crippen LogP contribution in [0.4, 0.5) is 0 Å². The van der Waals surface area contributed by atoms with E-state index in [1.54, 1.807) is 12.1 Å². The van der Waals surface area contributed by atoms with Gasteiger partial charge in [-0.2, -0.15) is 0 Å². The Kier molecular flexibility index (Phi) is 7.90. The standard InChI is InChI=1S/C32H29ClN4O4/c1-5-15-41-30-23(33)16-22(17-24(30)40-6-2)25(26-28(34-36-31(26)38)20-11-7-18(3)8-12-20)27-29(35-37-32(27)39)21-13-9-19(4)10-14-21/h1,7-14,16-17,25H,6,15H2,2-4H3,(H2,34,36,38)(H2,35,37,39). The van der Waals surface area contributed by atoms with Crippen LogP contribution in [0.15, 0.2) is 70.3 Å². The summed E-state index contributed by atoms with van der Waals surface area (Å²) in [5.74, 6) is 2.22. The third kappa shape index (κ3) is 5.45. The van der Waals surface area contributed by atoms with Crippen LogP contribution in [0.2, 0.25) is 5.02 Å².